The van der Waals surface area contributed by atoms with Crippen LogP contribution in [0.4, 0.5) is 5.69 Å². The van der Waals surface area contributed by atoms with Crippen LogP contribution in [0.15, 0.2) is 18.5 Å². The Labute approximate surface area is 72.3 Å². The SMILES string of the molecule is IC1NNc2cnccc21. The molecular formula is C6H6IN3. The van der Waals surface area contributed by atoms with Gasteiger partial charge in [0.25, 0.3) is 0 Å². The van der Waals surface area contributed by atoms with E-state index in [1.54, 1.807) is 6.20 Å². The standard InChI is InChI=1S/C6H6IN3/c7-6-4-1-2-8-3-5(4)9-10-6/h1-3,6,9-10H. The topological polar surface area (TPSA) is 37.0 Å². The van der Waals surface area contributed by atoms with Gasteiger partial charge in [0.15, 0.2) is 0 Å². The number of pyridine rings is 1. The number of hydrazine groups is 1. The first-order chi connectivity index (χ1) is 4.88. The average Bonchev–Trinajstić information content (AvgIpc) is 2.34. The predicted octanol–water partition coefficient (Wildman–Crippen LogP) is 1.45. The highest BCUT2D eigenvalue weighted by Crippen LogP contribution is 2.30. The van der Waals surface area contributed by atoms with Gasteiger partial charge in [-0.05, 0) is 6.07 Å². The van der Waals surface area contributed by atoms with Crippen molar-refractivity contribution in [1.82, 2.24) is 10.4 Å². The van der Waals surface area contributed by atoms with Gasteiger partial charge in [0.05, 0.1) is 11.9 Å². The van der Waals surface area contributed by atoms with E-state index in [4.69, 9.17) is 0 Å². The van der Waals surface area contributed by atoms with Crippen molar-refractivity contribution < 1.29 is 0 Å². The van der Waals surface area contributed by atoms with Gasteiger partial charge in [0.1, 0.15) is 4.05 Å². The van der Waals surface area contributed by atoms with Crippen molar-refractivity contribution in [3.05, 3.63) is 24.0 Å². The molecule has 0 radical (unpaired) electrons. The first kappa shape index (κ1) is 6.36. The number of fused-ring (bicyclic) bond motifs is 1. The molecule has 0 saturated heterocycles. The number of nitrogens with one attached hydrogen (secondary N) is 2. The minimum Gasteiger partial charge on any atom is -0.318 e. The van der Waals surface area contributed by atoms with Crippen LogP contribution in [-0.2, 0) is 0 Å². The maximum atomic E-state index is 3.98. The van der Waals surface area contributed by atoms with E-state index in [0.29, 0.717) is 4.05 Å². The summed E-state index contributed by atoms with van der Waals surface area (Å²) in [6.07, 6.45) is 3.63. The molecule has 1 atom stereocenters. The molecule has 0 spiro atoms. The third-order valence-electron chi connectivity index (χ3n) is 1.46. The Bertz CT molecular complexity index is 251. The number of hydrogen-bond acceptors (Lipinski definition) is 3. The van der Waals surface area contributed by atoms with Gasteiger partial charge in [-0.15, -0.1) is 0 Å². The summed E-state index contributed by atoms with van der Waals surface area (Å²) in [5.41, 5.74) is 8.47. The molecule has 3 nitrogen and oxygen atoms in total. The number of anilines is 1. The van der Waals surface area contributed by atoms with Gasteiger partial charge in [-0.2, -0.15) is 0 Å². The molecular weight excluding hydrogens is 241 g/mol. The molecule has 2 heterocycles. The summed E-state index contributed by atoms with van der Waals surface area (Å²) >= 11 is 2.32. The lowest BCUT2D eigenvalue weighted by Gasteiger charge is -1.96. The summed E-state index contributed by atoms with van der Waals surface area (Å²) in [4.78, 5) is 3.98. The Morgan fingerprint density at radius 1 is 1.60 bits per heavy atom. The van der Waals surface area contributed by atoms with E-state index in [0.717, 1.165) is 5.69 Å². The van der Waals surface area contributed by atoms with Crippen LogP contribution < -0.4 is 10.9 Å². The van der Waals surface area contributed by atoms with Crippen molar-refractivity contribution in [3.63, 3.8) is 0 Å². The fourth-order valence-corrected chi connectivity index (χ4v) is 1.65. The highest BCUT2D eigenvalue weighted by molar-refractivity contribution is 14.1. The van der Waals surface area contributed by atoms with Crippen LogP contribution in [0, 0.1) is 0 Å². The van der Waals surface area contributed by atoms with E-state index in [-0.39, 0.29) is 0 Å². The Hall–Kier alpha value is -0.360. The molecule has 0 saturated carbocycles. The molecule has 1 aliphatic rings. The fourth-order valence-electron chi connectivity index (χ4n) is 0.950. The number of halogens is 1. The molecule has 0 bridgehead atoms. The third kappa shape index (κ3) is 0.873. The summed E-state index contributed by atoms with van der Waals surface area (Å²) in [6.45, 7) is 0. The first-order valence-corrected chi connectivity index (χ1v) is 4.22. The molecule has 52 valence electrons. The molecule has 1 aromatic rings. The predicted molar refractivity (Wildman–Crippen MR) is 47.8 cm³/mol. The van der Waals surface area contributed by atoms with Gasteiger partial charge in [0, 0.05) is 11.8 Å². The number of aromatic nitrogens is 1. The maximum Gasteiger partial charge on any atom is 0.104 e. The smallest absolute Gasteiger partial charge is 0.104 e. The summed E-state index contributed by atoms with van der Waals surface area (Å²) in [5, 5.41) is 0. The molecule has 10 heavy (non-hydrogen) atoms. The zero-order valence-corrected chi connectivity index (χ0v) is 7.29. The summed E-state index contributed by atoms with van der Waals surface area (Å²) in [7, 11) is 0. The van der Waals surface area contributed by atoms with Crippen molar-refractivity contribution in [2.45, 2.75) is 4.05 Å². The summed E-state index contributed by atoms with van der Waals surface area (Å²) in [6, 6.07) is 2.01. The Balaban J connectivity index is 2.51. The second-order valence-corrected chi connectivity index (χ2v) is 3.34. The summed E-state index contributed by atoms with van der Waals surface area (Å²) < 4.78 is 0.371. The molecule has 4 heteroatoms. The minimum absolute atomic E-state index is 0.371. The van der Waals surface area contributed by atoms with E-state index in [2.05, 4.69) is 38.4 Å². The van der Waals surface area contributed by atoms with Crippen molar-refractivity contribution in [1.29, 1.82) is 0 Å². The number of nitrogens with zero attached hydrogens (tertiary/aromatic N) is 1. The second-order valence-electron chi connectivity index (χ2n) is 2.09. The van der Waals surface area contributed by atoms with E-state index in [9.17, 15) is 0 Å². The van der Waals surface area contributed by atoms with Crippen LogP contribution in [0.3, 0.4) is 0 Å². The third-order valence-corrected chi connectivity index (χ3v) is 2.44. The molecule has 2 N–H and O–H groups in total. The number of hydrogen-bond donors (Lipinski definition) is 2. The first-order valence-electron chi connectivity index (χ1n) is 2.97. The summed E-state index contributed by atoms with van der Waals surface area (Å²) in [5.74, 6) is 0. The van der Waals surface area contributed by atoms with Gasteiger partial charge in [0.2, 0.25) is 0 Å². The van der Waals surface area contributed by atoms with Gasteiger partial charge >= 0.3 is 0 Å². The molecule has 0 aliphatic carbocycles. The quantitative estimate of drug-likeness (QED) is 0.414. The van der Waals surface area contributed by atoms with Gasteiger partial charge in [-0.1, -0.05) is 22.6 Å². The van der Waals surface area contributed by atoms with Gasteiger partial charge < -0.3 is 5.43 Å². The second kappa shape index (κ2) is 2.35. The molecule has 0 aromatic carbocycles. The van der Waals surface area contributed by atoms with Crippen LogP contribution in [0.2, 0.25) is 0 Å². The van der Waals surface area contributed by atoms with Crippen LogP contribution >= 0.6 is 22.6 Å². The fraction of sp³-hybridized carbons (Fsp3) is 0.167. The largest absolute Gasteiger partial charge is 0.318 e. The van der Waals surface area contributed by atoms with Gasteiger partial charge in [-0.25, -0.2) is 5.43 Å². The van der Waals surface area contributed by atoms with E-state index >= 15 is 0 Å². The van der Waals surface area contributed by atoms with Crippen LogP contribution in [0.25, 0.3) is 0 Å². The Morgan fingerprint density at radius 2 is 2.50 bits per heavy atom. The van der Waals surface area contributed by atoms with E-state index in [1.807, 2.05) is 12.3 Å². The van der Waals surface area contributed by atoms with Crippen LogP contribution in [0.1, 0.15) is 9.61 Å². The molecule has 1 aromatic heterocycles. The Kier molecular flexibility index (Phi) is 1.50. The van der Waals surface area contributed by atoms with Crippen molar-refractivity contribution in [2.75, 3.05) is 5.43 Å². The minimum atomic E-state index is 0.371. The molecule has 1 unspecified atom stereocenters. The monoisotopic (exact) mass is 247 g/mol. The highest BCUT2D eigenvalue weighted by Gasteiger charge is 2.17. The number of alkyl halides is 1. The van der Waals surface area contributed by atoms with Crippen molar-refractivity contribution in [2.24, 2.45) is 0 Å². The van der Waals surface area contributed by atoms with Crippen LogP contribution in [0.5, 0.6) is 0 Å². The van der Waals surface area contributed by atoms with E-state index in [1.165, 1.54) is 5.56 Å². The van der Waals surface area contributed by atoms with E-state index < -0.39 is 0 Å². The zero-order valence-electron chi connectivity index (χ0n) is 5.13. The van der Waals surface area contributed by atoms with Gasteiger partial charge in [-0.3, -0.25) is 4.98 Å². The molecule has 1 aliphatic heterocycles. The lowest BCUT2D eigenvalue weighted by Crippen LogP contribution is -2.13. The van der Waals surface area contributed by atoms with Crippen molar-refractivity contribution >= 4 is 28.3 Å². The normalized spacial score (nSPS) is 21.9. The van der Waals surface area contributed by atoms with Crippen molar-refractivity contribution in [3.8, 4) is 0 Å². The maximum absolute atomic E-state index is 3.98. The lowest BCUT2D eigenvalue weighted by atomic mass is 10.2. The molecule has 2 rings (SSSR count). The molecule has 0 amide bonds. The van der Waals surface area contributed by atoms with Crippen LogP contribution in [-0.4, -0.2) is 4.98 Å². The average molecular weight is 247 g/mol. The Morgan fingerprint density at radius 3 is 3.30 bits per heavy atom. The molecule has 0 fully saturated rings. The highest BCUT2D eigenvalue weighted by atomic mass is 127. The zero-order chi connectivity index (χ0) is 6.97. The number of rotatable bonds is 0. The lowest BCUT2D eigenvalue weighted by molar-refractivity contribution is 0.866.